The van der Waals surface area contributed by atoms with Gasteiger partial charge >= 0.3 is 0 Å². The fraction of sp³-hybridized carbons (Fsp3) is 0.176. The fourth-order valence-electron chi connectivity index (χ4n) is 1.97. The molecular formula is C17H14FNO2. The molecule has 21 heavy (non-hydrogen) atoms. The maximum atomic E-state index is 13.5. The number of hydrogen-bond donors (Lipinski definition) is 0. The van der Waals surface area contributed by atoms with E-state index in [4.69, 9.17) is 10.00 Å². The molecule has 0 aliphatic carbocycles. The average Bonchev–Trinajstić information content (AvgIpc) is 2.53. The molecule has 0 aromatic heterocycles. The lowest BCUT2D eigenvalue weighted by molar-refractivity contribution is 0.0785. The van der Waals surface area contributed by atoms with Crippen molar-refractivity contribution in [3.63, 3.8) is 0 Å². The van der Waals surface area contributed by atoms with Gasteiger partial charge in [0.1, 0.15) is 23.2 Å². The van der Waals surface area contributed by atoms with E-state index in [2.05, 4.69) is 0 Å². The van der Waals surface area contributed by atoms with E-state index in [0.29, 0.717) is 12.0 Å². The summed E-state index contributed by atoms with van der Waals surface area (Å²) >= 11 is 0. The van der Waals surface area contributed by atoms with Crippen molar-refractivity contribution >= 4 is 5.78 Å². The highest BCUT2D eigenvalue weighted by Crippen LogP contribution is 2.23. The monoisotopic (exact) mass is 283 g/mol. The third kappa shape index (κ3) is 3.26. The van der Waals surface area contributed by atoms with Crippen molar-refractivity contribution in [1.29, 1.82) is 5.26 Å². The van der Waals surface area contributed by atoms with E-state index in [9.17, 15) is 9.18 Å². The highest BCUT2D eigenvalue weighted by Gasteiger charge is 2.22. The van der Waals surface area contributed by atoms with Crippen LogP contribution in [0.5, 0.6) is 5.75 Å². The Hall–Kier alpha value is -2.67. The van der Waals surface area contributed by atoms with E-state index in [0.717, 1.165) is 0 Å². The van der Waals surface area contributed by atoms with Gasteiger partial charge in [-0.3, -0.25) is 4.79 Å². The maximum absolute atomic E-state index is 13.5. The highest BCUT2D eigenvalue weighted by atomic mass is 19.1. The molecule has 3 nitrogen and oxygen atoms in total. The first-order valence-corrected chi connectivity index (χ1v) is 6.62. The van der Waals surface area contributed by atoms with E-state index in [-0.39, 0.29) is 17.1 Å². The number of Topliss-reactive ketones (excluding diaryl/α,β-unsaturated/α-hetero) is 1. The fourth-order valence-corrected chi connectivity index (χ4v) is 1.97. The molecule has 106 valence electrons. The lowest BCUT2D eigenvalue weighted by atomic mass is 10.0. The number of nitrogens with zero attached hydrogens (tertiary/aromatic N) is 1. The Kier molecular flexibility index (Phi) is 4.68. The Bertz CT molecular complexity index is 677. The second-order valence-corrected chi connectivity index (χ2v) is 4.47. The molecule has 0 heterocycles. The molecule has 4 heteroatoms. The van der Waals surface area contributed by atoms with Gasteiger partial charge in [-0.25, -0.2) is 4.39 Å². The van der Waals surface area contributed by atoms with Crippen LogP contribution in [0.1, 0.15) is 29.3 Å². The molecule has 0 aliphatic heterocycles. The van der Waals surface area contributed by atoms with Crippen LogP contribution in [0.25, 0.3) is 0 Å². The third-order valence-electron chi connectivity index (χ3n) is 3.08. The van der Waals surface area contributed by atoms with Crippen LogP contribution in [0, 0.1) is 17.1 Å². The molecule has 0 radical (unpaired) electrons. The minimum absolute atomic E-state index is 0.0913. The summed E-state index contributed by atoms with van der Waals surface area (Å²) in [6.45, 7) is 1.80. The number of ketones is 1. The highest BCUT2D eigenvalue weighted by molar-refractivity contribution is 5.99. The largest absolute Gasteiger partial charge is 0.481 e. The predicted octanol–water partition coefficient (Wildman–Crippen LogP) is 3.74. The average molecular weight is 283 g/mol. The van der Waals surface area contributed by atoms with Crippen LogP contribution >= 0.6 is 0 Å². The van der Waals surface area contributed by atoms with Gasteiger partial charge in [-0.15, -0.1) is 0 Å². The predicted molar refractivity (Wildman–Crippen MR) is 76.6 cm³/mol. The van der Waals surface area contributed by atoms with Gasteiger partial charge in [0.25, 0.3) is 0 Å². The zero-order valence-electron chi connectivity index (χ0n) is 11.5. The quantitative estimate of drug-likeness (QED) is 0.785. The molecule has 1 unspecified atom stereocenters. The van der Waals surface area contributed by atoms with E-state index < -0.39 is 11.9 Å². The number of ether oxygens (including phenoxy) is 1. The minimum Gasteiger partial charge on any atom is -0.481 e. The summed E-state index contributed by atoms with van der Waals surface area (Å²) in [6.07, 6.45) is -0.323. The number of carbonyl (C=O) groups excluding carboxylic acids is 1. The second-order valence-electron chi connectivity index (χ2n) is 4.47. The van der Waals surface area contributed by atoms with Crippen molar-refractivity contribution in [1.82, 2.24) is 0 Å². The molecule has 0 bridgehead atoms. The van der Waals surface area contributed by atoms with Crippen LogP contribution in [0.3, 0.4) is 0 Å². The summed E-state index contributed by atoms with van der Waals surface area (Å²) in [7, 11) is 0. The van der Waals surface area contributed by atoms with Crippen LogP contribution in [-0.2, 0) is 0 Å². The van der Waals surface area contributed by atoms with E-state index >= 15 is 0 Å². The molecule has 0 amide bonds. The molecule has 2 aromatic carbocycles. The number of halogens is 1. The molecule has 1 atom stereocenters. The lowest BCUT2D eigenvalue weighted by Gasteiger charge is -2.17. The van der Waals surface area contributed by atoms with Crippen molar-refractivity contribution < 1.29 is 13.9 Å². The molecule has 2 rings (SSSR count). The van der Waals surface area contributed by atoms with Gasteiger partial charge in [0, 0.05) is 5.56 Å². The van der Waals surface area contributed by atoms with Crippen molar-refractivity contribution in [2.24, 2.45) is 0 Å². The molecule has 0 spiro atoms. The molecular weight excluding hydrogens is 269 g/mol. The summed E-state index contributed by atoms with van der Waals surface area (Å²) < 4.78 is 19.1. The number of nitriles is 1. The van der Waals surface area contributed by atoms with E-state index in [1.54, 1.807) is 37.3 Å². The van der Waals surface area contributed by atoms with Gasteiger partial charge in [0.2, 0.25) is 5.78 Å². The summed E-state index contributed by atoms with van der Waals surface area (Å²) in [5, 5.41) is 8.99. The van der Waals surface area contributed by atoms with Gasteiger partial charge in [0.05, 0.1) is 0 Å². The van der Waals surface area contributed by atoms with Crippen LogP contribution in [0.4, 0.5) is 4.39 Å². The first-order chi connectivity index (χ1) is 10.2. The number of hydrogen-bond acceptors (Lipinski definition) is 3. The third-order valence-corrected chi connectivity index (χ3v) is 3.08. The summed E-state index contributed by atoms with van der Waals surface area (Å²) in [4.78, 5) is 12.4. The SMILES string of the molecule is CCC(Oc1cccc(F)c1C#N)C(=O)c1ccccc1. The Balaban J connectivity index is 2.27. The number of benzene rings is 2. The first kappa shape index (κ1) is 14.7. The molecule has 0 saturated heterocycles. The van der Waals surface area contributed by atoms with Crippen LogP contribution < -0.4 is 4.74 Å². The van der Waals surface area contributed by atoms with Crippen molar-refractivity contribution in [2.45, 2.75) is 19.4 Å². The number of carbonyl (C=O) groups is 1. The normalized spacial score (nSPS) is 11.5. The van der Waals surface area contributed by atoms with Gasteiger partial charge in [-0.05, 0) is 18.6 Å². The topological polar surface area (TPSA) is 50.1 Å². The molecule has 0 fully saturated rings. The Morgan fingerprint density at radius 2 is 1.95 bits per heavy atom. The van der Waals surface area contributed by atoms with Gasteiger partial charge in [-0.1, -0.05) is 43.3 Å². The maximum Gasteiger partial charge on any atom is 0.203 e. The van der Waals surface area contributed by atoms with Crippen molar-refractivity contribution in [2.75, 3.05) is 0 Å². The van der Waals surface area contributed by atoms with E-state index in [1.807, 2.05) is 6.07 Å². The Labute approximate surface area is 122 Å². The zero-order valence-corrected chi connectivity index (χ0v) is 11.5. The molecule has 0 saturated carbocycles. The molecule has 0 aliphatic rings. The van der Waals surface area contributed by atoms with Gasteiger partial charge in [-0.2, -0.15) is 5.26 Å². The van der Waals surface area contributed by atoms with E-state index in [1.165, 1.54) is 18.2 Å². The van der Waals surface area contributed by atoms with Crippen LogP contribution in [0.2, 0.25) is 0 Å². The van der Waals surface area contributed by atoms with Gasteiger partial charge in [0.15, 0.2) is 6.10 Å². The summed E-state index contributed by atoms with van der Waals surface area (Å²) in [6, 6.07) is 14.6. The van der Waals surface area contributed by atoms with Crippen molar-refractivity contribution in [3.8, 4) is 11.8 Å². The van der Waals surface area contributed by atoms with Crippen LogP contribution in [0.15, 0.2) is 48.5 Å². The smallest absolute Gasteiger partial charge is 0.203 e. The van der Waals surface area contributed by atoms with Gasteiger partial charge < -0.3 is 4.74 Å². The lowest BCUT2D eigenvalue weighted by Crippen LogP contribution is -2.27. The molecule has 2 aromatic rings. The Morgan fingerprint density at radius 3 is 2.57 bits per heavy atom. The first-order valence-electron chi connectivity index (χ1n) is 6.62. The number of rotatable bonds is 5. The Morgan fingerprint density at radius 1 is 1.24 bits per heavy atom. The minimum atomic E-state index is -0.749. The second kappa shape index (κ2) is 6.67. The van der Waals surface area contributed by atoms with Crippen molar-refractivity contribution in [3.05, 3.63) is 65.5 Å². The zero-order chi connectivity index (χ0) is 15.2. The summed E-state index contributed by atoms with van der Waals surface area (Å²) in [5.74, 6) is -0.753. The summed E-state index contributed by atoms with van der Waals surface area (Å²) in [5.41, 5.74) is 0.344. The van der Waals surface area contributed by atoms with Crippen LogP contribution in [-0.4, -0.2) is 11.9 Å². The molecule has 0 N–H and O–H groups in total. The standard InChI is InChI=1S/C17H14FNO2/c1-2-15(17(20)12-7-4-3-5-8-12)21-16-10-6-9-14(18)13(16)11-19/h3-10,15H,2H2,1H3.